The maximum Gasteiger partial charge on any atom is 0.104 e. The first kappa shape index (κ1) is 19.5. The van der Waals surface area contributed by atoms with Crippen molar-refractivity contribution in [1.82, 2.24) is 0 Å². The van der Waals surface area contributed by atoms with Crippen molar-refractivity contribution in [1.29, 1.82) is 0 Å². The third kappa shape index (κ3) is 4.27. The Morgan fingerprint density at radius 2 is 1.83 bits per heavy atom. The van der Waals surface area contributed by atoms with Gasteiger partial charge in [0, 0.05) is 0 Å². The van der Waals surface area contributed by atoms with Crippen molar-refractivity contribution in [2.24, 2.45) is 5.14 Å². The molecule has 2 N–H and O–H groups in total. The fourth-order valence-electron chi connectivity index (χ4n) is 2.85. The minimum atomic E-state index is -0.334. The summed E-state index contributed by atoms with van der Waals surface area (Å²) in [6.45, 7) is 8.13. The number of allylic oxidation sites excluding steroid dienone is 6. The van der Waals surface area contributed by atoms with Crippen LogP contribution in [0.4, 0.5) is 0 Å². The van der Waals surface area contributed by atoms with E-state index in [1.807, 2.05) is 26.8 Å². The van der Waals surface area contributed by atoms with Crippen molar-refractivity contribution >= 4 is 11.9 Å². The molecular formula is C21H29NS. The monoisotopic (exact) mass is 327 g/mol. The van der Waals surface area contributed by atoms with Crippen LogP contribution >= 0.6 is 11.9 Å². The molecule has 0 bridgehead atoms. The van der Waals surface area contributed by atoms with Gasteiger partial charge in [-0.15, -0.1) is 0 Å². The van der Waals surface area contributed by atoms with E-state index in [1.54, 1.807) is 0 Å². The molecule has 0 fully saturated rings. The fourth-order valence-corrected chi connectivity index (χ4v) is 3.73. The van der Waals surface area contributed by atoms with Gasteiger partial charge in [0.05, 0.1) is 0 Å². The van der Waals surface area contributed by atoms with Gasteiger partial charge in [-0.2, -0.15) is 0 Å². The predicted octanol–water partition coefficient (Wildman–Crippen LogP) is 6.31. The summed E-state index contributed by atoms with van der Waals surface area (Å²) in [4.78, 5) is 0. The topological polar surface area (TPSA) is 26.0 Å². The molecule has 1 nitrogen and oxygen atoms in total. The number of hydrogen-bond donors (Lipinski definition) is 1. The molecule has 1 unspecified atom stereocenters. The van der Waals surface area contributed by atoms with Crippen molar-refractivity contribution < 1.29 is 0 Å². The summed E-state index contributed by atoms with van der Waals surface area (Å²) in [5.74, 6) is 0. The normalized spacial score (nSPS) is 17.3. The zero-order valence-corrected chi connectivity index (χ0v) is 15.6. The van der Waals surface area contributed by atoms with Crippen molar-refractivity contribution in [3.63, 3.8) is 0 Å². The van der Waals surface area contributed by atoms with Gasteiger partial charge in [0.2, 0.25) is 0 Å². The summed E-state index contributed by atoms with van der Waals surface area (Å²) in [7, 11) is 0. The van der Waals surface area contributed by atoms with E-state index in [4.69, 9.17) is 5.14 Å². The number of nitrogens with two attached hydrogens (primary N) is 1. The van der Waals surface area contributed by atoms with E-state index in [0.29, 0.717) is 0 Å². The minimum Gasteiger partial charge on any atom is -0.276 e. The average Bonchev–Trinajstić information content (AvgIpc) is 2.65. The van der Waals surface area contributed by atoms with E-state index in [-0.39, 0.29) is 4.75 Å². The summed E-state index contributed by atoms with van der Waals surface area (Å²) in [6.07, 6.45) is 15.4. The second kappa shape index (κ2) is 10.3. The number of hydrogen-bond acceptors (Lipinski definition) is 2. The van der Waals surface area contributed by atoms with Crippen LogP contribution < -0.4 is 5.14 Å². The number of benzene rings is 1. The molecule has 0 saturated heterocycles. The van der Waals surface area contributed by atoms with Gasteiger partial charge in [-0.05, 0) is 43.4 Å². The smallest absolute Gasteiger partial charge is 0.104 e. The van der Waals surface area contributed by atoms with E-state index in [0.717, 1.165) is 12.8 Å². The maximum absolute atomic E-state index is 6.24. The van der Waals surface area contributed by atoms with E-state index in [1.165, 1.54) is 28.7 Å². The van der Waals surface area contributed by atoms with Crippen molar-refractivity contribution in [3.8, 4) is 0 Å². The van der Waals surface area contributed by atoms with Crippen LogP contribution in [0.25, 0.3) is 0 Å². The van der Waals surface area contributed by atoms with Crippen LogP contribution in [0.2, 0.25) is 0 Å². The third-order valence-electron chi connectivity index (χ3n) is 3.82. The first-order valence-electron chi connectivity index (χ1n) is 8.39. The molecular weight excluding hydrogens is 298 g/mol. The molecule has 1 aromatic rings. The summed E-state index contributed by atoms with van der Waals surface area (Å²) in [6, 6.07) is 10.5. The Morgan fingerprint density at radius 1 is 1.13 bits per heavy atom. The molecule has 0 saturated carbocycles. The Balaban J connectivity index is 0.00000127. The van der Waals surface area contributed by atoms with Crippen LogP contribution in [0.15, 0.2) is 77.9 Å². The van der Waals surface area contributed by atoms with E-state index >= 15 is 0 Å². The highest BCUT2D eigenvalue weighted by molar-refractivity contribution is 7.98. The highest BCUT2D eigenvalue weighted by Gasteiger charge is 2.37. The van der Waals surface area contributed by atoms with Gasteiger partial charge in [-0.1, -0.05) is 92.6 Å². The molecule has 23 heavy (non-hydrogen) atoms. The fraction of sp³-hybridized carbons (Fsp3) is 0.333. The van der Waals surface area contributed by atoms with Gasteiger partial charge in [-0.3, -0.25) is 5.14 Å². The lowest BCUT2D eigenvalue weighted by molar-refractivity contribution is 0.858. The lowest BCUT2D eigenvalue weighted by atomic mass is 9.81. The molecule has 0 aliphatic heterocycles. The SMILES string of the molecule is C/C=C\C(=C/C)C(SN)(C1=CCCC=C1)c1ccccc1.CC. The van der Waals surface area contributed by atoms with Crippen LogP contribution in [-0.2, 0) is 4.75 Å². The van der Waals surface area contributed by atoms with Gasteiger partial charge in [0.25, 0.3) is 0 Å². The van der Waals surface area contributed by atoms with E-state index < -0.39 is 0 Å². The lowest BCUT2D eigenvalue weighted by Crippen LogP contribution is -2.29. The van der Waals surface area contributed by atoms with Crippen molar-refractivity contribution in [2.75, 3.05) is 0 Å². The Bertz CT molecular complexity index is 575. The molecule has 2 heteroatoms. The van der Waals surface area contributed by atoms with Crippen LogP contribution in [0.5, 0.6) is 0 Å². The Morgan fingerprint density at radius 3 is 2.30 bits per heavy atom. The van der Waals surface area contributed by atoms with Gasteiger partial charge in [0.15, 0.2) is 0 Å². The maximum atomic E-state index is 6.24. The first-order valence-corrected chi connectivity index (χ1v) is 9.27. The first-order chi connectivity index (χ1) is 11.3. The van der Waals surface area contributed by atoms with Gasteiger partial charge in [-0.25, -0.2) is 0 Å². The van der Waals surface area contributed by atoms with E-state index in [2.05, 4.69) is 67.6 Å². The van der Waals surface area contributed by atoms with Crippen LogP contribution in [-0.4, -0.2) is 0 Å². The zero-order chi connectivity index (χ0) is 17.1. The zero-order valence-electron chi connectivity index (χ0n) is 14.8. The minimum absolute atomic E-state index is 0.334. The average molecular weight is 328 g/mol. The largest absolute Gasteiger partial charge is 0.276 e. The Hall–Kier alpha value is -1.51. The Labute approximate surface area is 146 Å². The molecule has 0 spiro atoms. The highest BCUT2D eigenvalue weighted by atomic mass is 32.2. The molecule has 1 aromatic carbocycles. The molecule has 2 rings (SSSR count). The molecule has 1 atom stereocenters. The molecule has 0 radical (unpaired) electrons. The molecule has 0 heterocycles. The van der Waals surface area contributed by atoms with Crippen LogP contribution in [0.1, 0.15) is 46.1 Å². The molecule has 124 valence electrons. The second-order valence-corrected chi connectivity index (χ2v) is 5.90. The standard InChI is InChI=1S/C19H23NS.C2H6/c1-3-11-16(4-2)19(21-20,17-12-7-5-8-13-17)18-14-9-6-10-15-18;1-2/h3-5,7-9,11-15H,6,10,20H2,1-2H3;1-2H3/b11-3-,16-4+;. The molecule has 0 amide bonds. The van der Waals surface area contributed by atoms with Crippen molar-refractivity contribution in [2.45, 2.75) is 45.3 Å². The number of rotatable bonds is 5. The van der Waals surface area contributed by atoms with Crippen molar-refractivity contribution in [3.05, 3.63) is 83.5 Å². The summed E-state index contributed by atoms with van der Waals surface area (Å²) < 4.78 is -0.334. The molecule has 1 aliphatic carbocycles. The summed E-state index contributed by atoms with van der Waals surface area (Å²) >= 11 is 1.41. The van der Waals surface area contributed by atoms with Gasteiger partial charge < -0.3 is 0 Å². The second-order valence-electron chi connectivity index (χ2n) is 5.05. The summed E-state index contributed by atoms with van der Waals surface area (Å²) in [5, 5.41) is 6.24. The van der Waals surface area contributed by atoms with Gasteiger partial charge >= 0.3 is 0 Å². The third-order valence-corrected chi connectivity index (χ3v) is 4.88. The Kier molecular flexibility index (Phi) is 8.75. The summed E-state index contributed by atoms with van der Waals surface area (Å²) in [5.41, 5.74) is 3.72. The van der Waals surface area contributed by atoms with E-state index in [9.17, 15) is 0 Å². The lowest BCUT2D eigenvalue weighted by Gasteiger charge is -2.36. The predicted molar refractivity (Wildman–Crippen MR) is 106 cm³/mol. The molecule has 1 aliphatic rings. The highest BCUT2D eigenvalue weighted by Crippen LogP contribution is 2.48. The van der Waals surface area contributed by atoms with Gasteiger partial charge in [0.1, 0.15) is 4.75 Å². The van der Waals surface area contributed by atoms with Crippen LogP contribution in [0.3, 0.4) is 0 Å². The quantitative estimate of drug-likeness (QED) is 0.506. The molecule has 0 aromatic heterocycles. The van der Waals surface area contributed by atoms with Crippen LogP contribution in [0, 0.1) is 0 Å².